The third kappa shape index (κ3) is 5.34. The zero-order chi connectivity index (χ0) is 24.7. The molecule has 1 aliphatic heterocycles. The molecule has 1 amide bonds. The summed E-state index contributed by atoms with van der Waals surface area (Å²) in [5.74, 6) is -0.709. The quantitative estimate of drug-likeness (QED) is 0.537. The summed E-state index contributed by atoms with van der Waals surface area (Å²) in [6, 6.07) is 9.89. The van der Waals surface area contributed by atoms with E-state index in [0.29, 0.717) is 34.8 Å². The normalized spacial score (nSPS) is 17.6. The Balaban J connectivity index is 1.59. The Morgan fingerprint density at radius 3 is 2.32 bits per heavy atom. The number of hydrogen-bond donors (Lipinski definition) is 2. The minimum Gasteiger partial charge on any atom is -0.508 e. The van der Waals surface area contributed by atoms with Crippen molar-refractivity contribution in [1.82, 2.24) is 5.32 Å². The summed E-state index contributed by atoms with van der Waals surface area (Å²) in [5, 5.41) is 13.6. The molecule has 8 heteroatoms. The van der Waals surface area contributed by atoms with E-state index < -0.39 is 23.0 Å². The van der Waals surface area contributed by atoms with Crippen molar-refractivity contribution >= 4 is 28.0 Å². The monoisotopic (exact) mass is 469 g/mol. The number of carbonyl (C=O) groups excluding carboxylic acids is 1. The summed E-state index contributed by atoms with van der Waals surface area (Å²) in [6.07, 6.45) is 0.558. The second-order valence-electron chi connectivity index (χ2n) is 10.3. The highest BCUT2D eigenvalue weighted by molar-refractivity contribution is 5.90. The number of aromatic hydroxyl groups is 1. The maximum absolute atomic E-state index is 12.8. The number of amides is 1. The van der Waals surface area contributed by atoms with Crippen molar-refractivity contribution < 1.29 is 28.5 Å². The Bertz CT molecular complexity index is 1280. The van der Waals surface area contributed by atoms with Gasteiger partial charge in [0.05, 0.1) is 29.5 Å². The van der Waals surface area contributed by atoms with E-state index in [1.165, 1.54) is 12.1 Å². The van der Waals surface area contributed by atoms with Gasteiger partial charge in [-0.25, -0.2) is 4.79 Å². The summed E-state index contributed by atoms with van der Waals surface area (Å²) >= 11 is 0. The van der Waals surface area contributed by atoms with Crippen LogP contribution in [0.15, 0.2) is 45.6 Å². The number of phenols is 1. The summed E-state index contributed by atoms with van der Waals surface area (Å²) in [7, 11) is 0. The van der Waals surface area contributed by atoms with Crippen LogP contribution < -0.4 is 10.7 Å². The summed E-state index contributed by atoms with van der Waals surface area (Å²) in [4.78, 5) is 25.4. The maximum atomic E-state index is 12.8. The van der Waals surface area contributed by atoms with Crippen molar-refractivity contribution in [1.29, 1.82) is 0 Å². The van der Waals surface area contributed by atoms with E-state index in [9.17, 15) is 14.7 Å². The molecule has 0 aliphatic carbocycles. The van der Waals surface area contributed by atoms with E-state index in [1.54, 1.807) is 12.1 Å². The Kier molecular flexibility index (Phi) is 6.08. The van der Waals surface area contributed by atoms with Gasteiger partial charge in [0.25, 0.3) is 0 Å². The average Bonchev–Trinajstić information content (AvgIpc) is 2.73. The molecule has 1 aliphatic rings. The number of fused-ring (bicyclic) bond motifs is 2. The number of benzene rings is 2. The molecule has 1 aromatic heterocycles. The fraction of sp³-hybridized carbons (Fsp3) is 0.462. The van der Waals surface area contributed by atoms with Crippen LogP contribution in [0.2, 0.25) is 0 Å². The van der Waals surface area contributed by atoms with E-state index in [1.807, 2.05) is 46.8 Å². The fourth-order valence-corrected chi connectivity index (χ4v) is 3.93. The van der Waals surface area contributed by atoms with Crippen LogP contribution in [0.1, 0.15) is 46.6 Å². The molecule has 3 aromatic rings. The molecule has 2 aromatic carbocycles. The molecule has 2 N–H and O–H groups in total. The molecule has 182 valence electrons. The van der Waals surface area contributed by atoms with E-state index in [4.69, 9.17) is 18.6 Å². The molecule has 4 rings (SSSR count). The summed E-state index contributed by atoms with van der Waals surface area (Å²) in [6.45, 7) is 9.63. The molecule has 0 radical (unpaired) electrons. The van der Waals surface area contributed by atoms with Gasteiger partial charge in [-0.2, -0.15) is 0 Å². The number of carbonyl (C=O) groups is 1. The SMILES string of the molecule is CC(C)(C)OC(=O)NC1(CCc2ccc3c(=O)c4ccc(O)cc4oc3c2)COC(C)(C)OC1. The minimum atomic E-state index is -0.775. The number of alkyl carbamates (subject to hydrolysis) is 1. The van der Waals surface area contributed by atoms with Crippen LogP contribution in [-0.4, -0.2) is 41.3 Å². The van der Waals surface area contributed by atoms with Crippen molar-refractivity contribution in [2.75, 3.05) is 13.2 Å². The molecular weight excluding hydrogens is 438 g/mol. The lowest BCUT2D eigenvalue weighted by Gasteiger charge is -2.44. The smallest absolute Gasteiger partial charge is 0.408 e. The standard InChI is InChI=1S/C26H31NO7/c1-24(2,3)34-23(30)27-26(14-31-25(4,5)32-15-26)11-10-16-6-8-18-20(12-16)33-21-13-17(28)7-9-19(21)22(18)29/h6-9,12-13,28H,10-11,14-15H2,1-5H3,(H,27,30). The zero-order valence-electron chi connectivity index (χ0n) is 20.2. The van der Waals surface area contributed by atoms with Crippen LogP contribution in [0, 0.1) is 0 Å². The molecule has 0 bridgehead atoms. The van der Waals surface area contributed by atoms with Crippen molar-refractivity contribution in [3.8, 4) is 5.75 Å². The molecule has 1 fully saturated rings. The fourth-order valence-electron chi connectivity index (χ4n) is 3.93. The maximum Gasteiger partial charge on any atom is 0.408 e. The van der Waals surface area contributed by atoms with Crippen molar-refractivity contribution in [3.63, 3.8) is 0 Å². The number of phenolic OH excluding ortho intramolecular Hbond substituents is 1. The van der Waals surface area contributed by atoms with Gasteiger partial charge in [-0.1, -0.05) is 6.07 Å². The van der Waals surface area contributed by atoms with Gasteiger partial charge in [0.15, 0.2) is 5.79 Å². The van der Waals surface area contributed by atoms with Gasteiger partial charge >= 0.3 is 6.09 Å². The molecule has 34 heavy (non-hydrogen) atoms. The van der Waals surface area contributed by atoms with Gasteiger partial charge in [-0.05, 0) is 77.3 Å². The second kappa shape index (κ2) is 8.60. The number of ether oxygens (including phenoxy) is 3. The Morgan fingerprint density at radius 2 is 1.68 bits per heavy atom. The topological polar surface area (TPSA) is 107 Å². The molecule has 0 atom stereocenters. The highest BCUT2D eigenvalue weighted by Gasteiger charge is 2.42. The third-order valence-electron chi connectivity index (χ3n) is 5.77. The lowest BCUT2D eigenvalue weighted by Crippen LogP contribution is -2.61. The number of hydrogen-bond acceptors (Lipinski definition) is 7. The number of aryl methyl sites for hydroxylation is 1. The van der Waals surface area contributed by atoms with Crippen LogP contribution in [-0.2, 0) is 20.6 Å². The van der Waals surface area contributed by atoms with E-state index >= 15 is 0 Å². The molecule has 0 spiro atoms. The van der Waals surface area contributed by atoms with Crippen molar-refractivity contribution in [2.45, 2.75) is 64.4 Å². The first kappa shape index (κ1) is 24.0. The van der Waals surface area contributed by atoms with Crippen LogP contribution in [0.5, 0.6) is 5.75 Å². The first-order valence-corrected chi connectivity index (χ1v) is 11.3. The van der Waals surface area contributed by atoms with Gasteiger partial charge in [0, 0.05) is 6.07 Å². The van der Waals surface area contributed by atoms with E-state index in [2.05, 4.69) is 5.32 Å². The predicted octanol–water partition coefficient (Wildman–Crippen LogP) is 4.63. The molecule has 0 saturated carbocycles. The van der Waals surface area contributed by atoms with Gasteiger partial charge in [0.1, 0.15) is 22.5 Å². The lowest BCUT2D eigenvalue weighted by molar-refractivity contribution is -0.271. The summed E-state index contributed by atoms with van der Waals surface area (Å²) in [5.41, 5.74) is 0.130. The van der Waals surface area contributed by atoms with E-state index in [-0.39, 0.29) is 24.4 Å². The average molecular weight is 470 g/mol. The van der Waals surface area contributed by atoms with Crippen molar-refractivity contribution in [3.05, 3.63) is 52.2 Å². The first-order chi connectivity index (χ1) is 15.8. The highest BCUT2D eigenvalue weighted by atomic mass is 16.7. The first-order valence-electron chi connectivity index (χ1n) is 11.3. The van der Waals surface area contributed by atoms with Gasteiger partial charge in [-0.3, -0.25) is 4.79 Å². The Labute approximate surface area is 197 Å². The molecular formula is C26H31NO7. The van der Waals surface area contributed by atoms with Crippen molar-refractivity contribution in [2.24, 2.45) is 0 Å². The molecule has 0 unspecified atom stereocenters. The van der Waals surface area contributed by atoms with Gasteiger partial charge in [0.2, 0.25) is 5.43 Å². The minimum absolute atomic E-state index is 0.0292. The van der Waals surface area contributed by atoms with Crippen LogP contribution in [0.4, 0.5) is 4.79 Å². The third-order valence-corrected chi connectivity index (χ3v) is 5.77. The molecule has 8 nitrogen and oxygen atoms in total. The number of nitrogens with one attached hydrogen (secondary N) is 1. The highest BCUT2D eigenvalue weighted by Crippen LogP contribution is 2.29. The predicted molar refractivity (Wildman–Crippen MR) is 128 cm³/mol. The lowest BCUT2D eigenvalue weighted by atomic mass is 9.91. The zero-order valence-corrected chi connectivity index (χ0v) is 20.2. The van der Waals surface area contributed by atoms with Crippen LogP contribution in [0.25, 0.3) is 21.9 Å². The van der Waals surface area contributed by atoms with Crippen LogP contribution in [0.3, 0.4) is 0 Å². The van der Waals surface area contributed by atoms with Crippen LogP contribution >= 0.6 is 0 Å². The van der Waals surface area contributed by atoms with Gasteiger partial charge < -0.3 is 29.1 Å². The van der Waals surface area contributed by atoms with Gasteiger partial charge in [-0.15, -0.1) is 0 Å². The molecule has 1 saturated heterocycles. The Morgan fingerprint density at radius 1 is 1.06 bits per heavy atom. The Hall–Kier alpha value is -3.10. The largest absolute Gasteiger partial charge is 0.508 e. The molecule has 2 heterocycles. The van der Waals surface area contributed by atoms with E-state index in [0.717, 1.165) is 5.56 Å². The summed E-state index contributed by atoms with van der Waals surface area (Å²) < 4.78 is 23.1. The number of rotatable bonds is 4. The second-order valence-corrected chi connectivity index (χ2v) is 10.3.